The van der Waals surface area contributed by atoms with Crippen LogP contribution in [-0.4, -0.2) is 37.2 Å². The van der Waals surface area contributed by atoms with Gasteiger partial charge in [0.15, 0.2) is 0 Å². The molecule has 138 valence electrons. The third-order valence-corrected chi connectivity index (χ3v) is 7.11. The lowest BCUT2D eigenvalue weighted by atomic mass is 9.85. The average molecular weight is 413 g/mol. The maximum absolute atomic E-state index is 12.7. The summed E-state index contributed by atoms with van der Waals surface area (Å²) in [6.07, 6.45) is 0.389. The number of sulfonamides is 1. The van der Waals surface area contributed by atoms with E-state index in [1.807, 2.05) is 18.4 Å². The van der Waals surface area contributed by atoms with E-state index in [2.05, 4.69) is 4.72 Å². The summed E-state index contributed by atoms with van der Waals surface area (Å²) in [5.41, 5.74) is -0.375. The van der Waals surface area contributed by atoms with Crippen LogP contribution in [0, 0.1) is 6.92 Å². The molecule has 0 spiro atoms. The van der Waals surface area contributed by atoms with Gasteiger partial charge in [0, 0.05) is 11.6 Å². The summed E-state index contributed by atoms with van der Waals surface area (Å²) >= 11 is 7.13. The van der Waals surface area contributed by atoms with Crippen LogP contribution in [0.15, 0.2) is 40.6 Å². The third kappa shape index (κ3) is 3.24. The monoisotopic (exact) mass is 412 g/mol. The van der Waals surface area contributed by atoms with E-state index in [1.165, 1.54) is 34.4 Å². The maximum Gasteiger partial charge on any atom is 0.265 e. The molecule has 1 fully saturated rings. The molecule has 1 aliphatic heterocycles. The van der Waals surface area contributed by atoms with E-state index < -0.39 is 21.5 Å². The zero-order valence-corrected chi connectivity index (χ0v) is 16.5. The number of halogens is 1. The van der Waals surface area contributed by atoms with Crippen molar-refractivity contribution in [3.05, 3.63) is 51.2 Å². The Kier molecular flexibility index (Phi) is 4.85. The number of carbonyl (C=O) groups excluding carboxylic acids is 2. The van der Waals surface area contributed by atoms with E-state index in [0.29, 0.717) is 17.8 Å². The molecule has 3 rings (SSSR count). The number of likely N-dealkylation sites (tertiary alicyclic amines) is 1. The quantitative estimate of drug-likeness (QED) is 0.836. The molecule has 1 unspecified atom stereocenters. The van der Waals surface area contributed by atoms with Gasteiger partial charge in [0.2, 0.25) is 0 Å². The van der Waals surface area contributed by atoms with Gasteiger partial charge in [-0.3, -0.25) is 9.59 Å². The highest BCUT2D eigenvalue weighted by Gasteiger charge is 2.51. The number of thiophene rings is 1. The molecule has 0 bridgehead atoms. The van der Waals surface area contributed by atoms with Crippen molar-refractivity contribution in [1.82, 2.24) is 9.62 Å². The van der Waals surface area contributed by atoms with Crippen molar-refractivity contribution in [2.45, 2.75) is 30.7 Å². The number of hydrogen-bond acceptors (Lipinski definition) is 5. The molecular formula is C17H17ClN2O4S2. The first-order chi connectivity index (χ1) is 12.1. The molecule has 1 atom stereocenters. The predicted octanol–water partition coefficient (Wildman–Crippen LogP) is 2.82. The number of hydrogen-bond donors (Lipinski definition) is 1. The molecule has 2 heterocycles. The van der Waals surface area contributed by atoms with Gasteiger partial charge in [-0.2, -0.15) is 0 Å². The molecular weight excluding hydrogens is 396 g/mol. The van der Waals surface area contributed by atoms with Crippen molar-refractivity contribution in [1.29, 1.82) is 0 Å². The van der Waals surface area contributed by atoms with E-state index in [-0.39, 0.29) is 15.8 Å². The molecule has 9 heteroatoms. The van der Waals surface area contributed by atoms with Crippen molar-refractivity contribution in [3.63, 3.8) is 0 Å². The Bertz CT molecular complexity index is 986. The van der Waals surface area contributed by atoms with Crippen LogP contribution in [0.4, 0.5) is 0 Å². The van der Waals surface area contributed by atoms with Crippen LogP contribution < -0.4 is 4.72 Å². The molecule has 1 aliphatic rings. The number of aryl methyl sites for hydroxylation is 1. The fourth-order valence-corrected chi connectivity index (χ4v) is 5.01. The fourth-order valence-electron chi connectivity index (χ4n) is 2.76. The number of carbonyl (C=O) groups is 2. The van der Waals surface area contributed by atoms with Crippen LogP contribution in [0.3, 0.4) is 0 Å². The molecule has 0 radical (unpaired) electrons. The SMILES string of the molecule is Cc1ccsc1C(=O)N1CCC1(C)C(=O)NS(=O)(=O)c1cccc(Cl)c1. The standard InChI is InChI=1S/C17H17ClN2O4S2/c1-11-6-9-25-14(11)15(21)20-8-7-17(20,2)16(22)19-26(23,24)13-5-3-4-12(18)10-13/h3-6,9-10H,7-8H2,1-2H3,(H,19,22). The van der Waals surface area contributed by atoms with Crippen LogP contribution in [0.2, 0.25) is 5.02 Å². The van der Waals surface area contributed by atoms with Crippen LogP contribution >= 0.6 is 22.9 Å². The van der Waals surface area contributed by atoms with Crippen molar-refractivity contribution in [2.24, 2.45) is 0 Å². The minimum Gasteiger partial charge on any atom is -0.323 e. The molecule has 1 aromatic heterocycles. The number of benzene rings is 1. The summed E-state index contributed by atoms with van der Waals surface area (Å²) in [4.78, 5) is 27.2. The van der Waals surface area contributed by atoms with Crippen molar-refractivity contribution < 1.29 is 18.0 Å². The van der Waals surface area contributed by atoms with Gasteiger partial charge < -0.3 is 4.90 Å². The van der Waals surface area contributed by atoms with Crippen LogP contribution in [0.1, 0.15) is 28.6 Å². The summed E-state index contributed by atoms with van der Waals surface area (Å²) in [5, 5.41) is 2.06. The Hall–Kier alpha value is -1.90. The smallest absolute Gasteiger partial charge is 0.265 e. The minimum atomic E-state index is -4.07. The number of rotatable bonds is 4. The van der Waals surface area contributed by atoms with E-state index in [1.54, 1.807) is 13.0 Å². The lowest BCUT2D eigenvalue weighted by Gasteiger charge is -2.48. The molecule has 1 aromatic carbocycles. The van der Waals surface area contributed by atoms with Gasteiger partial charge in [-0.15, -0.1) is 11.3 Å². The van der Waals surface area contributed by atoms with Gasteiger partial charge in [-0.05, 0) is 55.5 Å². The first-order valence-electron chi connectivity index (χ1n) is 7.84. The first kappa shape index (κ1) is 18.9. The second kappa shape index (κ2) is 6.68. The first-order valence-corrected chi connectivity index (χ1v) is 10.6. The van der Waals surface area contributed by atoms with Crippen LogP contribution in [-0.2, 0) is 14.8 Å². The lowest BCUT2D eigenvalue weighted by molar-refractivity contribution is -0.135. The molecule has 1 saturated heterocycles. The van der Waals surface area contributed by atoms with Gasteiger partial charge in [0.1, 0.15) is 5.54 Å². The summed E-state index contributed by atoms with van der Waals surface area (Å²) in [6, 6.07) is 7.47. The Balaban J connectivity index is 1.81. The van der Waals surface area contributed by atoms with E-state index in [9.17, 15) is 18.0 Å². The zero-order valence-electron chi connectivity index (χ0n) is 14.2. The highest BCUT2D eigenvalue weighted by molar-refractivity contribution is 7.90. The number of nitrogens with zero attached hydrogens (tertiary/aromatic N) is 1. The van der Waals surface area contributed by atoms with Crippen molar-refractivity contribution in [2.75, 3.05) is 6.54 Å². The summed E-state index contributed by atoms with van der Waals surface area (Å²) in [5.74, 6) is -0.993. The molecule has 2 aromatic rings. The molecule has 6 nitrogen and oxygen atoms in total. The molecule has 2 amide bonds. The molecule has 0 aliphatic carbocycles. The van der Waals surface area contributed by atoms with E-state index >= 15 is 0 Å². The van der Waals surface area contributed by atoms with E-state index in [4.69, 9.17) is 11.6 Å². The highest BCUT2D eigenvalue weighted by atomic mass is 35.5. The number of nitrogens with one attached hydrogen (secondary N) is 1. The summed E-state index contributed by atoms with van der Waals surface area (Å²) < 4.78 is 27.0. The van der Waals surface area contributed by atoms with Gasteiger partial charge >= 0.3 is 0 Å². The Labute approximate surface area is 160 Å². The Morgan fingerprint density at radius 2 is 2.04 bits per heavy atom. The minimum absolute atomic E-state index is 0.103. The largest absolute Gasteiger partial charge is 0.323 e. The van der Waals surface area contributed by atoms with Crippen molar-refractivity contribution >= 4 is 44.8 Å². The maximum atomic E-state index is 12.7. The highest BCUT2D eigenvalue weighted by Crippen LogP contribution is 2.34. The van der Waals surface area contributed by atoms with E-state index in [0.717, 1.165) is 5.56 Å². The number of amides is 2. The lowest BCUT2D eigenvalue weighted by Crippen LogP contribution is -2.67. The predicted molar refractivity (Wildman–Crippen MR) is 99.9 cm³/mol. The van der Waals surface area contributed by atoms with Gasteiger partial charge in [-0.25, -0.2) is 13.1 Å². The van der Waals surface area contributed by atoms with Crippen LogP contribution in [0.25, 0.3) is 0 Å². The second-order valence-corrected chi connectivity index (χ2v) is 9.34. The fraction of sp³-hybridized carbons (Fsp3) is 0.294. The van der Waals surface area contributed by atoms with Crippen molar-refractivity contribution in [3.8, 4) is 0 Å². The summed E-state index contributed by atoms with van der Waals surface area (Å²) in [6.45, 7) is 3.79. The third-order valence-electron chi connectivity index (χ3n) is 4.54. The topological polar surface area (TPSA) is 83.6 Å². The Morgan fingerprint density at radius 3 is 2.58 bits per heavy atom. The van der Waals surface area contributed by atoms with Gasteiger partial charge in [0.05, 0.1) is 9.77 Å². The summed E-state index contributed by atoms with van der Waals surface area (Å²) in [7, 11) is -4.07. The molecule has 0 saturated carbocycles. The Morgan fingerprint density at radius 1 is 1.31 bits per heavy atom. The van der Waals surface area contributed by atoms with Gasteiger partial charge in [0.25, 0.3) is 21.8 Å². The second-order valence-electron chi connectivity index (χ2n) is 6.31. The normalized spacial score (nSPS) is 19.7. The molecule has 26 heavy (non-hydrogen) atoms. The molecule has 1 N–H and O–H groups in total. The van der Waals surface area contributed by atoms with Gasteiger partial charge in [-0.1, -0.05) is 17.7 Å². The van der Waals surface area contributed by atoms with Crippen LogP contribution in [0.5, 0.6) is 0 Å². The zero-order chi connectivity index (χ0) is 19.1. The average Bonchev–Trinajstić information content (AvgIpc) is 2.98.